The molecule has 26 heavy (non-hydrogen) atoms. The molecule has 0 aliphatic rings. The molecule has 0 N–H and O–H groups in total. The Morgan fingerprint density at radius 3 is 2.04 bits per heavy atom. The van der Waals surface area contributed by atoms with E-state index < -0.39 is 6.43 Å². The lowest BCUT2D eigenvalue weighted by molar-refractivity contribution is 0.146. The van der Waals surface area contributed by atoms with Crippen molar-refractivity contribution in [1.82, 2.24) is 14.8 Å². The molecule has 150 valence electrons. The van der Waals surface area contributed by atoms with Gasteiger partial charge in [0.05, 0.1) is 0 Å². The van der Waals surface area contributed by atoms with Gasteiger partial charge in [0.25, 0.3) is 6.43 Å². The first-order valence-corrected chi connectivity index (χ1v) is 8.55. The highest BCUT2D eigenvalue weighted by Gasteiger charge is 2.23. The van der Waals surface area contributed by atoms with E-state index in [0.29, 0.717) is 30.7 Å². The summed E-state index contributed by atoms with van der Waals surface area (Å²) in [6, 6.07) is 3.38. The second-order valence-corrected chi connectivity index (χ2v) is 6.98. The largest absolute Gasteiger partial charge is 0.330 e. The summed E-state index contributed by atoms with van der Waals surface area (Å²) in [5, 5.41) is 0. The van der Waals surface area contributed by atoms with Gasteiger partial charge in [0.15, 0.2) is 0 Å². The van der Waals surface area contributed by atoms with Gasteiger partial charge in [-0.25, -0.2) is 18.6 Å². The molecule has 0 aliphatic carbocycles. The molecule has 1 aromatic rings. The first-order valence-electron chi connectivity index (χ1n) is 8.55. The maximum absolute atomic E-state index is 13.1. The van der Waals surface area contributed by atoms with E-state index >= 15 is 0 Å². The minimum Gasteiger partial charge on any atom is -0.330 e. The van der Waals surface area contributed by atoms with E-state index in [1.807, 2.05) is 0 Å². The number of hydrogen-bond donors (Lipinski definition) is 0. The third-order valence-electron chi connectivity index (χ3n) is 4.00. The fraction of sp³-hybridized carbons (Fsp3) is 0.667. The highest BCUT2D eigenvalue weighted by molar-refractivity contribution is 5.90. The van der Waals surface area contributed by atoms with Gasteiger partial charge in [0, 0.05) is 39.3 Å². The monoisotopic (exact) mass is 392 g/mol. The molecule has 0 atom stereocenters. The molecule has 0 spiro atoms. The molecule has 0 bridgehead atoms. The first-order chi connectivity index (χ1) is 11.5. The molecule has 1 rings (SSSR count). The molecule has 0 saturated carbocycles. The molecule has 0 aliphatic heterocycles. The number of carbonyl (C=O) groups excluding carboxylic acids is 1. The van der Waals surface area contributed by atoms with Crippen LogP contribution in [0.15, 0.2) is 12.1 Å². The van der Waals surface area contributed by atoms with E-state index in [-0.39, 0.29) is 29.9 Å². The van der Waals surface area contributed by atoms with Gasteiger partial charge in [0.1, 0.15) is 11.5 Å². The van der Waals surface area contributed by atoms with Gasteiger partial charge < -0.3 is 4.90 Å². The number of pyridine rings is 1. The van der Waals surface area contributed by atoms with Crippen LogP contribution in [0.5, 0.6) is 0 Å². The van der Waals surface area contributed by atoms with Crippen molar-refractivity contribution in [3.05, 3.63) is 23.4 Å². The lowest BCUT2D eigenvalue weighted by Crippen LogP contribution is -2.47. The van der Waals surface area contributed by atoms with Gasteiger partial charge in [-0.3, -0.25) is 9.80 Å². The molecule has 5 nitrogen and oxygen atoms in total. The van der Waals surface area contributed by atoms with Crippen molar-refractivity contribution in [1.29, 1.82) is 0 Å². The van der Waals surface area contributed by atoms with Crippen LogP contribution in [0.4, 0.5) is 19.4 Å². The van der Waals surface area contributed by atoms with E-state index in [1.165, 1.54) is 15.9 Å². The normalized spacial score (nSPS) is 11.3. The van der Waals surface area contributed by atoms with E-state index in [0.717, 1.165) is 0 Å². The van der Waals surface area contributed by atoms with Crippen LogP contribution >= 0.6 is 12.4 Å². The Labute approximate surface area is 161 Å². The van der Waals surface area contributed by atoms with Gasteiger partial charge in [-0.2, -0.15) is 0 Å². The van der Waals surface area contributed by atoms with Gasteiger partial charge in [-0.15, -0.1) is 12.4 Å². The molecular formula is C18H31ClF2N4O. The predicted molar refractivity (Wildman–Crippen MR) is 105 cm³/mol. The molecule has 8 heteroatoms. The zero-order valence-corrected chi connectivity index (χ0v) is 17.5. The SMILES string of the molecule is Cc1cc(C(F)F)nc(N(CCN(C(C)C)C(C)C)C(=O)N(C)C)c1.Cl. The Hall–Kier alpha value is -1.47. The van der Waals surface area contributed by atoms with Crippen LogP contribution in [0.3, 0.4) is 0 Å². The number of anilines is 1. The number of aromatic nitrogens is 1. The summed E-state index contributed by atoms with van der Waals surface area (Å²) in [5.74, 6) is 0.265. The van der Waals surface area contributed by atoms with Crippen molar-refractivity contribution in [2.24, 2.45) is 0 Å². The summed E-state index contributed by atoms with van der Waals surface area (Å²) in [6.45, 7) is 11.1. The second-order valence-electron chi connectivity index (χ2n) is 6.98. The fourth-order valence-electron chi connectivity index (χ4n) is 2.80. The second kappa shape index (κ2) is 10.6. The lowest BCUT2D eigenvalue weighted by Gasteiger charge is -2.33. The van der Waals surface area contributed by atoms with Crippen LogP contribution in [0.25, 0.3) is 0 Å². The van der Waals surface area contributed by atoms with Crippen molar-refractivity contribution in [3.63, 3.8) is 0 Å². The predicted octanol–water partition coefficient (Wildman–Crippen LogP) is 4.36. The molecule has 0 saturated heterocycles. The summed E-state index contributed by atoms with van der Waals surface area (Å²) >= 11 is 0. The summed E-state index contributed by atoms with van der Waals surface area (Å²) < 4.78 is 26.2. The molecule has 0 unspecified atom stereocenters. The summed E-state index contributed by atoms with van der Waals surface area (Å²) in [4.78, 5) is 21.8. The number of carbonyl (C=O) groups is 1. The van der Waals surface area contributed by atoms with Crippen molar-refractivity contribution in [2.45, 2.75) is 53.1 Å². The lowest BCUT2D eigenvalue weighted by atomic mass is 10.2. The number of hydrogen-bond acceptors (Lipinski definition) is 3. The van der Waals surface area contributed by atoms with E-state index in [9.17, 15) is 13.6 Å². The number of aryl methyl sites for hydroxylation is 1. The number of halogens is 3. The van der Waals surface area contributed by atoms with Crippen molar-refractivity contribution >= 4 is 24.3 Å². The smallest absolute Gasteiger partial charge is 0.325 e. The van der Waals surface area contributed by atoms with Gasteiger partial charge in [-0.05, 0) is 52.3 Å². The Morgan fingerprint density at radius 2 is 1.62 bits per heavy atom. The van der Waals surface area contributed by atoms with Gasteiger partial charge >= 0.3 is 6.03 Å². The summed E-state index contributed by atoms with van der Waals surface area (Å²) in [7, 11) is 3.28. The van der Waals surface area contributed by atoms with Crippen molar-refractivity contribution < 1.29 is 13.6 Å². The molecule has 0 aromatic carbocycles. The fourth-order valence-corrected chi connectivity index (χ4v) is 2.80. The highest BCUT2D eigenvalue weighted by Crippen LogP contribution is 2.23. The zero-order valence-electron chi connectivity index (χ0n) is 16.7. The van der Waals surface area contributed by atoms with E-state index in [2.05, 4.69) is 37.6 Å². The third kappa shape index (κ3) is 6.68. The standard InChI is InChI=1S/C18H30F2N4O.ClH/c1-12(2)23(13(3)4)8-9-24(18(25)22(6)7)16-11-14(5)10-15(21-16)17(19)20;/h10-13,17H,8-9H2,1-7H3;1H. The Kier molecular flexibility index (Phi) is 10.0. The quantitative estimate of drug-likeness (QED) is 0.692. The van der Waals surface area contributed by atoms with Gasteiger partial charge in [-0.1, -0.05) is 0 Å². The Morgan fingerprint density at radius 1 is 1.08 bits per heavy atom. The average molecular weight is 393 g/mol. The molecule has 0 radical (unpaired) electrons. The van der Waals surface area contributed by atoms with Crippen LogP contribution in [0.1, 0.15) is 45.4 Å². The topological polar surface area (TPSA) is 39.7 Å². The minimum absolute atomic E-state index is 0. The highest BCUT2D eigenvalue weighted by atomic mass is 35.5. The minimum atomic E-state index is -2.67. The van der Waals surface area contributed by atoms with Crippen LogP contribution in [0, 0.1) is 6.92 Å². The van der Waals surface area contributed by atoms with Crippen molar-refractivity contribution in [3.8, 4) is 0 Å². The zero-order chi connectivity index (χ0) is 19.3. The summed E-state index contributed by atoms with van der Waals surface area (Å²) in [6.07, 6.45) is -2.67. The number of amides is 2. The number of urea groups is 1. The number of rotatable bonds is 7. The molecular weight excluding hydrogens is 362 g/mol. The van der Waals surface area contributed by atoms with Gasteiger partial charge in [0.2, 0.25) is 0 Å². The Balaban J connectivity index is 0.00000625. The molecule has 2 amide bonds. The number of nitrogens with zero attached hydrogens (tertiary/aromatic N) is 4. The van der Waals surface area contributed by atoms with Crippen LogP contribution in [-0.4, -0.2) is 60.1 Å². The molecule has 1 heterocycles. The first kappa shape index (κ1) is 24.5. The maximum atomic E-state index is 13.1. The average Bonchev–Trinajstić information content (AvgIpc) is 2.49. The van der Waals surface area contributed by atoms with E-state index in [1.54, 1.807) is 27.1 Å². The molecule has 0 fully saturated rings. The third-order valence-corrected chi connectivity index (χ3v) is 4.00. The number of alkyl halides is 2. The van der Waals surface area contributed by atoms with Crippen LogP contribution in [-0.2, 0) is 0 Å². The van der Waals surface area contributed by atoms with Crippen molar-refractivity contribution in [2.75, 3.05) is 32.1 Å². The van der Waals surface area contributed by atoms with E-state index in [4.69, 9.17) is 0 Å². The van der Waals surface area contributed by atoms with Crippen LogP contribution < -0.4 is 4.90 Å². The maximum Gasteiger partial charge on any atom is 0.325 e. The van der Waals surface area contributed by atoms with Crippen LogP contribution in [0.2, 0.25) is 0 Å². The summed E-state index contributed by atoms with van der Waals surface area (Å²) in [5.41, 5.74) is 0.345. The molecule has 1 aromatic heterocycles. The Bertz CT molecular complexity index is 574.